The molecule has 0 radical (unpaired) electrons. The molecule has 1 N–H and O–H groups in total. The van der Waals surface area contributed by atoms with Crippen molar-refractivity contribution >= 4 is 23.4 Å². The number of hydrogen-bond donors (Lipinski definition) is 1. The molecule has 1 aliphatic heterocycles. The van der Waals surface area contributed by atoms with E-state index >= 15 is 0 Å². The molecule has 34 heavy (non-hydrogen) atoms. The molecule has 1 saturated heterocycles. The highest BCUT2D eigenvalue weighted by Crippen LogP contribution is 2.18. The fraction of sp³-hybridized carbons (Fsp3) is 0.360. The maximum Gasteiger partial charge on any atom is 0.312 e. The van der Waals surface area contributed by atoms with Crippen LogP contribution in [-0.4, -0.2) is 69.1 Å². The Morgan fingerprint density at radius 2 is 1.76 bits per heavy atom. The molecule has 1 aliphatic rings. The van der Waals surface area contributed by atoms with Gasteiger partial charge in [-0.3, -0.25) is 14.4 Å². The fourth-order valence-corrected chi connectivity index (χ4v) is 3.86. The molecule has 3 aromatic rings. The molecule has 9 heteroatoms. The van der Waals surface area contributed by atoms with Crippen molar-refractivity contribution in [3.63, 3.8) is 0 Å². The smallest absolute Gasteiger partial charge is 0.312 e. The Labute approximate surface area is 198 Å². The van der Waals surface area contributed by atoms with Crippen molar-refractivity contribution in [1.29, 1.82) is 0 Å². The first-order valence-electron chi connectivity index (χ1n) is 11.4. The summed E-state index contributed by atoms with van der Waals surface area (Å²) in [6.45, 7) is 7.29. The van der Waals surface area contributed by atoms with E-state index in [0.29, 0.717) is 37.5 Å². The van der Waals surface area contributed by atoms with Gasteiger partial charge in [-0.25, -0.2) is 4.98 Å². The van der Waals surface area contributed by atoms with Gasteiger partial charge in [0.15, 0.2) is 0 Å². The van der Waals surface area contributed by atoms with Gasteiger partial charge in [-0.1, -0.05) is 12.1 Å². The van der Waals surface area contributed by atoms with Gasteiger partial charge in [-0.15, -0.1) is 0 Å². The number of piperazine rings is 1. The van der Waals surface area contributed by atoms with E-state index in [1.165, 1.54) is 4.90 Å². The van der Waals surface area contributed by atoms with E-state index in [1.54, 1.807) is 43.0 Å². The van der Waals surface area contributed by atoms with E-state index in [1.807, 2.05) is 35.9 Å². The van der Waals surface area contributed by atoms with Crippen molar-refractivity contribution < 1.29 is 19.1 Å². The van der Waals surface area contributed by atoms with Gasteiger partial charge in [0, 0.05) is 50.2 Å². The normalized spacial score (nSPS) is 13.9. The minimum Gasteiger partial charge on any atom is -0.487 e. The number of rotatable bonds is 5. The number of pyridine rings is 1. The quantitative estimate of drug-likeness (QED) is 0.584. The summed E-state index contributed by atoms with van der Waals surface area (Å²) >= 11 is 0. The highest BCUT2D eigenvalue weighted by molar-refractivity contribution is 6.35. The van der Waals surface area contributed by atoms with Gasteiger partial charge in [0.1, 0.15) is 18.0 Å². The third-order valence-corrected chi connectivity index (χ3v) is 5.58. The van der Waals surface area contributed by atoms with Gasteiger partial charge in [-0.05, 0) is 50.6 Å². The number of imidazole rings is 1. The van der Waals surface area contributed by atoms with Crippen LogP contribution in [0.1, 0.15) is 35.5 Å². The molecule has 1 fully saturated rings. The van der Waals surface area contributed by atoms with Crippen LogP contribution in [0.4, 0.5) is 0 Å². The van der Waals surface area contributed by atoms with E-state index in [4.69, 9.17) is 4.74 Å². The zero-order chi connectivity index (χ0) is 24.2. The Kier molecular flexibility index (Phi) is 6.81. The van der Waals surface area contributed by atoms with Crippen molar-refractivity contribution in [3.8, 4) is 5.75 Å². The molecule has 2 aromatic heterocycles. The molecule has 0 spiro atoms. The number of aryl methyl sites for hydroxylation is 1. The molecular formula is C25H29N5O4. The largest absolute Gasteiger partial charge is 0.487 e. The number of hydrogen-bond acceptors (Lipinski definition) is 5. The van der Waals surface area contributed by atoms with Crippen LogP contribution in [-0.2, 0) is 16.2 Å². The van der Waals surface area contributed by atoms with Crippen LogP contribution in [0.25, 0.3) is 5.65 Å². The van der Waals surface area contributed by atoms with E-state index in [2.05, 4.69) is 10.3 Å². The minimum atomic E-state index is -0.611. The first-order valence-corrected chi connectivity index (χ1v) is 11.4. The lowest BCUT2D eigenvalue weighted by molar-refractivity contribution is -0.147. The van der Waals surface area contributed by atoms with Gasteiger partial charge in [0.05, 0.1) is 5.69 Å². The summed E-state index contributed by atoms with van der Waals surface area (Å²) in [5, 5.41) is 2.61. The topological polar surface area (TPSA) is 96.2 Å². The van der Waals surface area contributed by atoms with Crippen molar-refractivity contribution in [2.45, 2.75) is 33.4 Å². The van der Waals surface area contributed by atoms with Gasteiger partial charge in [-0.2, -0.15) is 0 Å². The van der Waals surface area contributed by atoms with Crippen LogP contribution in [0.15, 0.2) is 48.8 Å². The predicted molar refractivity (Wildman–Crippen MR) is 126 cm³/mol. The van der Waals surface area contributed by atoms with E-state index < -0.39 is 11.8 Å². The summed E-state index contributed by atoms with van der Waals surface area (Å²) in [6.07, 6.45) is 3.94. The summed E-state index contributed by atoms with van der Waals surface area (Å²) in [5.74, 6) is -0.718. The lowest BCUT2D eigenvalue weighted by Gasteiger charge is -2.34. The third-order valence-electron chi connectivity index (χ3n) is 5.58. The van der Waals surface area contributed by atoms with Gasteiger partial charge < -0.3 is 24.3 Å². The maximum atomic E-state index is 13.0. The van der Waals surface area contributed by atoms with Crippen LogP contribution in [0.2, 0.25) is 0 Å². The molecular weight excluding hydrogens is 434 g/mol. The number of benzene rings is 1. The van der Waals surface area contributed by atoms with E-state index in [9.17, 15) is 14.4 Å². The van der Waals surface area contributed by atoms with E-state index in [-0.39, 0.29) is 18.6 Å². The highest BCUT2D eigenvalue weighted by Gasteiger charge is 2.28. The standard InChI is InChI=1S/C25H29N5O4/c1-17(2)26-23(31)25(33)29-11-9-28(10-12-29)24(32)19-5-4-6-21(13-19)34-16-20-15-30-14-18(3)7-8-22(30)27-20/h4-8,13-15,17H,9-12,16H2,1-3H3,(H,26,31). The number of fused-ring (bicyclic) bond motifs is 1. The molecule has 0 bridgehead atoms. The Bertz CT molecular complexity index is 1210. The fourth-order valence-electron chi connectivity index (χ4n) is 3.86. The number of nitrogens with one attached hydrogen (secondary N) is 1. The molecule has 0 saturated carbocycles. The molecule has 3 heterocycles. The second kappa shape index (κ2) is 9.94. The number of carbonyl (C=O) groups excluding carboxylic acids is 3. The first-order chi connectivity index (χ1) is 16.3. The summed E-state index contributed by atoms with van der Waals surface area (Å²) in [7, 11) is 0. The average Bonchev–Trinajstić information content (AvgIpc) is 3.23. The lowest BCUT2D eigenvalue weighted by Crippen LogP contribution is -2.54. The average molecular weight is 464 g/mol. The number of nitrogens with zero attached hydrogens (tertiary/aromatic N) is 4. The van der Waals surface area contributed by atoms with Crippen LogP contribution in [0.5, 0.6) is 5.75 Å². The summed E-state index contributed by atoms with van der Waals surface area (Å²) in [6, 6.07) is 10.9. The summed E-state index contributed by atoms with van der Waals surface area (Å²) in [5.41, 5.74) is 3.31. The Morgan fingerprint density at radius 1 is 1.03 bits per heavy atom. The van der Waals surface area contributed by atoms with E-state index in [0.717, 1.165) is 16.9 Å². The van der Waals surface area contributed by atoms with Crippen LogP contribution in [0, 0.1) is 6.92 Å². The van der Waals surface area contributed by atoms with Crippen molar-refractivity contribution in [2.75, 3.05) is 26.2 Å². The van der Waals surface area contributed by atoms with Crippen molar-refractivity contribution in [1.82, 2.24) is 24.5 Å². The molecule has 9 nitrogen and oxygen atoms in total. The van der Waals surface area contributed by atoms with Crippen molar-refractivity contribution in [3.05, 3.63) is 65.6 Å². The number of carbonyl (C=O) groups is 3. The molecule has 178 valence electrons. The van der Waals surface area contributed by atoms with Gasteiger partial charge >= 0.3 is 11.8 Å². The zero-order valence-electron chi connectivity index (χ0n) is 19.7. The Morgan fingerprint density at radius 3 is 2.50 bits per heavy atom. The molecule has 1 aromatic carbocycles. The molecule has 0 atom stereocenters. The SMILES string of the molecule is Cc1ccc2nc(COc3cccc(C(=O)N4CCN(C(=O)C(=O)NC(C)C)CC4)c3)cn2c1. The van der Waals surface area contributed by atoms with Crippen LogP contribution >= 0.6 is 0 Å². The highest BCUT2D eigenvalue weighted by atomic mass is 16.5. The number of aromatic nitrogens is 2. The monoisotopic (exact) mass is 463 g/mol. The second-order valence-corrected chi connectivity index (χ2v) is 8.73. The van der Waals surface area contributed by atoms with Gasteiger partial charge in [0.2, 0.25) is 0 Å². The molecule has 3 amide bonds. The van der Waals surface area contributed by atoms with Crippen molar-refractivity contribution in [2.24, 2.45) is 0 Å². The number of ether oxygens (including phenoxy) is 1. The third kappa shape index (κ3) is 5.36. The number of amides is 3. The summed E-state index contributed by atoms with van der Waals surface area (Å²) < 4.78 is 7.86. The summed E-state index contributed by atoms with van der Waals surface area (Å²) in [4.78, 5) is 45.0. The molecule has 0 aliphatic carbocycles. The Balaban J connectivity index is 1.33. The minimum absolute atomic E-state index is 0.106. The van der Waals surface area contributed by atoms with Crippen LogP contribution < -0.4 is 10.1 Å². The Hall–Kier alpha value is -3.88. The molecule has 4 rings (SSSR count). The zero-order valence-corrected chi connectivity index (χ0v) is 19.7. The first kappa shape index (κ1) is 23.3. The second-order valence-electron chi connectivity index (χ2n) is 8.73. The maximum absolute atomic E-state index is 13.0. The predicted octanol–water partition coefficient (Wildman–Crippen LogP) is 2.03. The lowest BCUT2D eigenvalue weighted by atomic mass is 10.1. The van der Waals surface area contributed by atoms with Gasteiger partial charge in [0.25, 0.3) is 5.91 Å². The van der Waals surface area contributed by atoms with Crippen LogP contribution in [0.3, 0.4) is 0 Å². The molecule has 0 unspecified atom stereocenters.